The third-order valence-electron chi connectivity index (χ3n) is 6.15. The number of ether oxygens (including phenoxy) is 1. The molecule has 0 radical (unpaired) electrons. The number of pyridine rings is 2. The van der Waals surface area contributed by atoms with E-state index in [1.54, 1.807) is 17.5 Å². The van der Waals surface area contributed by atoms with Gasteiger partial charge in [-0.25, -0.2) is 4.98 Å². The molecule has 0 aliphatic carbocycles. The van der Waals surface area contributed by atoms with Crippen LogP contribution in [0, 0.1) is 6.92 Å². The summed E-state index contributed by atoms with van der Waals surface area (Å²) in [5, 5.41) is 8.92. The van der Waals surface area contributed by atoms with Crippen molar-refractivity contribution in [1.29, 1.82) is 0 Å². The van der Waals surface area contributed by atoms with Gasteiger partial charge in [-0.15, -0.1) is 11.3 Å². The first-order chi connectivity index (χ1) is 17.5. The molecule has 5 aromatic heterocycles. The van der Waals surface area contributed by atoms with Gasteiger partial charge in [-0.3, -0.25) is 10.1 Å². The van der Waals surface area contributed by atoms with Crippen LogP contribution in [0.4, 0.5) is 0 Å². The number of H-pyrrole nitrogens is 2. The number of likely N-dealkylation sites (N-methyl/N-ethyl adjacent to an activating group) is 1. The average molecular weight is 495 g/mol. The van der Waals surface area contributed by atoms with E-state index >= 15 is 0 Å². The van der Waals surface area contributed by atoms with E-state index in [2.05, 4.69) is 68.4 Å². The SMILES string of the molecule is Cc1ccc(-c2cccc3[nH]c(-c4n[nH]c5ccc(-c6cncc(OCCN(C)C)c6)nc45)cc23)s1. The van der Waals surface area contributed by atoms with Gasteiger partial charge in [0.15, 0.2) is 0 Å². The van der Waals surface area contributed by atoms with Gasteiger partial charge in [0, 0.05) is 44.5 Å². The van der Waals surface area contributed by atoms with E-state index in [0.717, 1.165) is 51.5 Å². The number of benzene rings is 1. The molecule has 0 atom stereocenters. The molecule has 36 heavy (non-hydrogen) atoms. The molecule has 1 aromatic carbocycles. The van der Waals surface area contributed by atoms with E-state index in [4.69, 9.17) is 9.72 Å². The minimum absolute atomic E-state index is 0.601. The van der Waals surface area contributed by atoms with Gasteiger partial charge in [0.05, 0.1) is 23.1 Å². The largest absolute Gasteiger partial charge is 0.491 e. The lowest BCUT2D eigenvalue weighted by Crippen LogP contribution is -2.19. The molecule has 8 heteroatoms. The van der Waals surface area contributed by atoms with Gasteiger partial charge in [0.1, 0.15) is 23.6 Å². The van der Waals surface area contributed by atoms with Crippen molar-refractivity contribution in [2.45, 2.75) is 6.92 Å². The van der Waals surface area contributed by atoms with Gasteiger partial charge in [-0.05, 0) is 63.5 Å². The second-order valence-electron chi connectivity index (χ2n) is 9.09. The number of hydrogen-bond donors (Lipinski definition) is 2. The summed E-state index contributed by atoms with van der Waals surface area (Å²) >= 11 is 1.81. The van der Waals surface area contributed by atoms with Crippen molar-refractivity contribution in [3.8, 4) is 38.8 Å². The van der Waals surface area contributed by atoms with E-state index in [9.17, 15) is 0 Å². The summed E-state index contributed by atoms with van der Waals surface area (Å²) in [5.41, 5.74) is 7.44. The number of thiophene rings is 1. The molecule has 0 aliphatic rings. The lowest BCUT2D eigenvalue weighted by atomic mass is 10.1. The molecular weight excluding hydrogens is 468 g/mol. The first kappa shape index (κ1) is 22.5. The maximum Gasteiger partial charge on any atom is 0.138 e. The normalized spacial score (nSPS) is 11.7. The predicted octanol–water partition coefficient (Wildman–Crippen LogP) is 6.15. The number of aromatic nitrogens is 5. The molecule has 0 spiro atoms. The fraction of sp³-hybridized carbons (Fsp3) is 0.179. The predicted molar refractivity (Wildman–Crippen MR) is 147 cm³/mol. The standard InChI is InChI=1S/C28H26N6OS/c1-17-7-10-26(36-17)20-5-4-6-23-21(20)14-25(30-23)28-27-24(32-33-28)9-8-22(31-27)18-13-19(16-29-15-18)35-12-11-34(2)3/h4-10,13-16,30H,11-12H2,1-3H3,(H,32,33). The van der Waals surface area contributed by atoms with Gasteiger partial charge < -0.3 is 14.6 Å². The third-order valence-corrected chi connectivity index (χ3v) is 7.18. The van der Waals surface area contributed by atoms with E-state index in [1.165, 1.54) is 20.7 Å². The summed E-state index contributed by atoms with van der Waals surface area (Å²) in [7, 11) is 4.05. The van der Waals surface area contributed by atoms with Gasteiger partial charge in [0.25, 0.3) is 0 Å². The Kier molecular flexibility index (Phi) is 5.75. The van der Waals surface area contributed by atoms with Crippen LogP contribution < -0.4 is 4.74 Å². The van der Waals surface area contributed by atoms with Crippen molar-refractivity contribution >= 4 is 33.3 Å². The Morgan fingerprint density at radius 2 is 1.92 bits per heavy atom. The van der Waals surface area contributed by atoms with Gasteiger partial charge in [0.2, 0.25) is 0 Å². The zero-order chi connectivity index (χ0) is 24.6. The van der Waals surface area contributed by atoms with E-state index < -0.39 is 0 Å². The molecule has 0 saturated heterocycles. The molecule has 0 saturated carbocycles. The Hall–Kier alpha value is -4.01. The van der Waals surface area contributed by atoms with Crippen LogP contribution in [-0.4, -0.2) is 57.3 Å². The highest BCUT2D eigenvalue weighted by Gasteiger charge is 2.16. The Morgan fingerprint density at radius 1 is 1.00 bits per heavy atom. The van der Waals surface area contributed by atoms with Crippen LogP contribution in [0.1, 0.15) is 4.88 Å². The van der Waals surface area contributed by atoms with Crippen LogP contribution in [0.3, 0.4) is 0 Å². The summed E-state index contributed by atoms with van der Waals surface area (Å²) in [5.74, 6) is 0.732. The number of aryl methyl sites for hydroxylation is 1. The monoisotopic (exact) mass is 494 g/mol. The minimum Gasteiger partial charge on any atom is -0.491 e. The summed E-state index contributed by atoms with van der Waals surface area (Å²) in [6.45, 7) is 3.58. The molecule has 5 heterocycles. The van der Waals surface area contributed by atoms with Crippen molar-refractivity contribution < 1.29 is 4.74 Å². The Morgan fingerprint density at radius 3 is 2.75 bits per heavy atom. The van der Waals surface area contributed by atoms with Crippen LogP contribution in [-0.2, 0) is 0 Å². The number of nitrogens with one attached hydrogen (secondary N) is 2. The fourth-order valence-electron chi connectivity index (χ4n) is 4.31. The Bertz CT molecular complexity index is 1680. The maximum absolute atomic E-state index is 5.87. The molecule has 7 nitrogen and oxygen atoms in total. The fourth-order valence-corrected chi connectivity index (χ4v) is 5.22. The maximum atomic E-state index is 5.87. The number of aromatic amines is 2. The van der Waals surface area contributed by atoms with Crippen LogP contribution >= 0.6 is 11.3 Å². The van der Waals surface area contributed by atoms with Crippen molar-refractivity contribution in [2.75, 3.05) is 27.2 Å². The second-order valence-corrected chi connectivity index (χ2v) is 10.4. The van der Waals surface area contributed by atoms with Gasteiger partial charge >= 0.3 is 0 Å². The van der Waals surface area contributed by atoms with E-state index in [1.807, 2.05) is 38.5 Å². The minimum atomic E-state index is 0.601. The molecule has 0 fully saturated rings. The topological polar surface area (TPSA) is 82.7 Å². The molecule has 6 aromatic rings. The summed E-state index contributed by atoms with van der Waals surface area (Å²) < 4.78 is 5.87. The van der Waals surface area contributed by atoms with E-state index in [0.29, 0.717) is 6.61 Å². The molecule has 2 N–H and O–H groups in total. The number of hydrogen-bond acceptors (Lipinski definition) is 6. The highest BCUT2D eigenvalue weighted by atomic mass is 32.1. The van der Waals surface area contributed by atoms with Gasteiger partial charge in [-0.2, -0.15) is 5.10 Å². The summed E-state index contributed by atoms with van der Waals surface area (Å²) in [4.78, 5) is 17.5. The number of nitrogens with zero attached hydrogens (tertiary/aromatic N) is 4. The highest BCUT2D eigenvalue weighted by molar-refractivity contribution is 7.15. The lowest BCUT2D eigenvalue weighted by Gasteiger charge is -2.11. The third kappa shape index (κ3) is 4.25. The Labute approximate surface area is 212 Å². The molecule has 0 bridgehead atoms. The number of rotatable bonds is 7. The first-order valence-electron chi connectivity index (χ1n) is 11.8. The van der Waals surface area contributed by atoms with Crippen molar-refractivity contribution in [3.63, 3.8) is 0 Å². The molecule has 6 rings (SSSR count). The molecular formula is C28H26N6OS. The zero-order valence-corrected chi connectivity index (χ0v) is 21.2. The summed E-state index contributed by atoms with van der Waals surface area (Å²) in [6, 6.07) is 18.9. The van der Waals surface area contributed by atoms with Crippen LogP contribution in [0.5, 0.6) is 5.75 Å². The quantitative estimate of drug-likeness (QED) is 0.278. The summed E-state index contributed by atoms with van der Waals surface area (Å²) in [6.07, 6.45) is 3.54. The van der Waals surface area contributed by atoms with Crippen LogP contribution in [0.2, 0.25) is 0 Å². The second kappa shape index (κ2) is 9.22. The van der Waals surface area contributed by atoms with Crippen molar-refractivity contribution in [2.24, 2.45) is 0 Å². The highest BCUT2D eigenvalue weighted by Crippen LogP contribution is 2.36. The van der Waals surface area contributed by atoms with Crippen molar-refractivity contribution in [1.82, 2.24) is 30.0 Å². The molecule has 0 aliphatic heterocycles. The van der Waals surface area contributed by atoms with Crippen LogP contribution in [0.25, 0.3) is 55.0 Å². The van der Waals surface area contributed by atoms with Crippen LogP contribution in [0.15, 0.2) is 67.0 Å². The zero-order valence-electron chi connectivity index (χ0n) is 20.4. The molecule has 0 amide bonds. The van der Waals surface area contributed by atoms with E-state index in [-0.39, 0.29) is 0 Å². The first-order valence-corrected chi connectivity index (χ1v) is 12.6. The smallest absolute Gasteiger partial charge is 0.138 e. The molecule has 180 valence electrons. The average Bonchev–Trinajstić information content (AvgIpc) is 3.61. The lowest BCUT2D eigenvalue weighted by molar-refractivity contribution is 0.261. The Balaban J connectivity index is 1.37. The van der Waals surface area contributed by atoms with Crippen molar-refractivity contribution in [3.05, 3.63) is 71.9 Å². The number of fused-ring (bicyclic) bond motifs is 2. The van der Waals surface area contributed by atoms with Gasteiger partial charge in [-0.1, -0.05) is 12.1 Å². The molecule has 0 unspecified atom stereocenters.